The van der Waals surface area contributed by atoms with Crippen LogP contribution in [0, 0.1) is 6.92 Å². The summed E-state index contributed by atoms with van der Waals surface area (Å²) in [4.78, 5) is 0.359. The molecule has 0 aliphatic rings. The number of rotatable bonds is 9. The van der Waals surface area contributed by atoms with Crippen molar-refractivity contribution in [3.63, 3.8) is 0 Å². The second-order valence-electron chi connectivity index (χ2n) is 5.08. The summed E-state index contributed by atoms with van der Waals surface area (Å²) in [6, 6.07) is 5.31. The molecule has 0 saturated heterocycles. The first kappa shape index (κ1) is 17.7. The molecule has 1 aromatic rings. The lowest BCUT2D eigenvalue weighted by atomic mass is 10.1. The number of unbranched alkanes of at least 4 members (excludes halogenated alkanes) is 5. The van der Waals surface area contributed by atoms with Gasteiger partial charge in [-0.2, -0.15) is 0 Å². The van der Waals surface area contributed by atoms with Gasteiger partial charge in [0.2, 0.25) is 10.0 Å². The van der Waals surface area contributed by atoms with Gasteiger partial charge in [-0.15, -0.1) is 0 Å². The zero-order valence-electron chi connectivity index (χ0n) is 12.3. The quantitative estimate of drug-likeness (QED) is 0.662. The molecule has 5 heteroatoms. The molecule has 114 valence electrons. The summed E-state index contributed by atoms with van der Waals surface area (Å²) in [7, 11) is -3.39. The van der Waals surface area contributed by atoms with Crippen molar-refractivity contribution in [1.82, 2.24) is 4.72 Å². The Kier molecular flexibility index (Phi) is 7.77. The van der Waals surface area contributed by atoms with Gasteiger partial charge in [0, 0.05) is 11.0 Å². The first-order valence-electron chi connectivity index (χ1n) is 7.23. The van der Waals surface area contributed by atoms with Crippen molar-refractivity contribution in [2.45, 2.75) is 57.3 Å². The highest BCUT2D eigenvalue weighted by Gasteiger charge is 2.16. The highest BCUT2D eigenvalue weighted by Crippen LogP contribution is 2.20. The predicted molar refractivity (Wildman–Crippen MR) is 87.4 cm³/mol. The second-order valence-corrected chi connectivity index (χ2v) is 7.73. The Hall–Kier alpha value is -0.390. The lowest BCUT2D eigenvalue weighted by Crippen LogP contribution is -2.25. The van der Waals surface area contributed by atoms with Crippen LogP contribution in [0.25, 0.3) is 0 Å². The van der Waals surface area contributed by atoms with Crippen LogP contribution in [0.1, 0.15) is 51.0 Å². The van der Waals surface area contributed by atoms with Crippen molar-refractivity contribution in [2.24, 2.45) is 0 Å². The topological polar surface area (TPSA) is 46.2 Å². The number of aryl methyl sites for hydroxylation is 1. The van der Waals surface area contributed by atoms with E-state index in [1.54, 1.807) is 6.07 Å². The van der Waals surface area contributed by atoms with E-state index in [1.807, 2.05) is 19.1 Å². The van der Waals surface area contributed by atoms with E-state index in [1.165, 1.54) is 25.7 Å². The van der Waals surface area contributed by atoms with E-state index in [9.17, 15) is 8.42 Å². The normalized spacial score (nSPS) is 11.8. The summed E-state index contributed by atoms with van der Waals surface area (Å²) >= 11 is 3.31. The average molecular weight is 362 g/mol. The minimum absolute atomic E-state index is 0.359. The number of halogens is 1. The van der Waals surface area contributed by atoms with Crippen LogP contribution in [0.3, 0.4) is 0 Å². The van der Waals surface area contributed by atoms with Gasteiger partial charge in [-0.05, 0) is 31.0 Å². The van der Waals surface area contributed by atoms with Gasteiger partial charge in [-0.1, -0.05) is 61.0 Å². The van der Waals surface area contributed by atoms with Gasteiger partial charge in [0.1, 0.15) is 0 Å². The van der Waals surface area contributed by atoms with E-state index in [0.29, 0.717) is 11.4 Å². The fourth-order valence-corrected chi connectivity index (χ4v) is 3.91. The molecule has 0 heterocycles. The molecule has 1 aromatic carbocycles. The number of sulfonamides is 1. The average Bonchev–Trinajstić information content (AvgIpc) is 2.40. The molecule has 0 radical (unpaired) electrons. The van der Waals surface area contributed by atoms with Gasteiger partial charge in [0.05, 0.1) is 4.90 Å². The molecule has 3 nitrogen and oxygen atoms in total. The van der Waals surface area contributed by atoms with E-state index >= 15 is 0 Å². The third kappa shape index (κ3) is 5.94. The summed E-state index contributed by atoms with van der Waals surface area (Å²) < 4.78 is 27.9. The molecule has 0 aliphatic carbocycles. The first-order valence-corrected chi connectivity index (χ1v) is 9.51. The molecular weight excluding hydrogens is 338 g/mol. The van der Waals surface area contributed by atoms with Crippen molar-refractivity contribution < 1.29 is 8.42 Å². The number of hydrogen-bond donors (Lipinski definition) is 1. The third-order valence-electron chi connectivity index (χ3n) is 3.26. The van der Waals surface area contributed by atoms with Crippen LogP contribution in [-0.4, -0.2) is 15.0 Å². The molecule has 0 amide bonds. The maximum atomic E-state index is 12.2. The highest BCUT2D eigenvalue weighted by atomic mass is 79.9. The number of hydrogen-bond acceptors (Lipinski definition) is 2. The summed E-state index contributed by atoms with van der Waals surface area (Å²) in [6.07, 6.45) is 6.91. The Bertz CT molecular complexity index is 515. The molecule has 0 atom stereocenters. The third-order valence-corrected chi connectivity index (χ3v) is 5.36. The molecule has 0 unspecified atom stereocenters. The van der Waals surface area contributed by atoms with E-state index in [2.05, 4.69) is 27.6 Å². The molecule has 0 saturated carbocycles. The maximum absolute atomic E-state index is 12.2. The van der Waals surface area contributed by atoms with Gasteiger partial charge in [0.25, 0.3) is 0 Å². The summed E-state index contributed by atoms with van der Waals surface area (Å²) in [5.74, 6) is 0. The van der Waals surface area contributed by atoms with E-state index in [0.717, 1.165) is 22.9 Å². The molecule has 20 heavy (non-hydrogen) atoms. The molecular formula is C15H24BrNO2S. The smallest absolute Gasteiger partial charge is 0.211 e. The molecule has 0 bridgehead atoms. The monoisotopic (exact) mass is 361 g/mol. The summed E-state index contributed by atoms with van der Waals surface area (Å²) in [6.45, 7) is 4.51. The highest BCUT2D eigenvalue weighted by molar-refractivity contribution is 9.10. The SMILES string of the molecule is CCCCCCCCNS(=O)(=O)c1cc(Br)ccc1C. The van der Waals surface area contributed by atoms with Gasteiger partial charge >= 0.3 is 0 Å². The second kappa shape index (κ2) is 8.80. The molecule has 1 N–H and O–H groups in total. The van der Waals surface area contributed by atoms with E-state index in [-0.39, 0.29) is 0 Å². The van der Waals surface area contributed by atoms with Crippen LogP contribution in [0.4, 0.5) is 0 Å². The zero-order chi connectivity index (χ0) is 15.0. The van der Waals surface area contributed by atoms with Crippen LogP contribution in [-0.2, 0) is 10.0 Å². The molecule has 0 fully saturated rings. The summed E-state index contributed by atoms with van der Waals surface area (Å²) in [5, 5.41) is 0. The van der Waals surface area contributed by atoms with Crippen LogP contribution in [0.5, 0.6) is 0 Å². The van der Waals surface area contributed by atoms with E-state index < -0.39 is 10.0 Å². The fourth-order valence-electron chi connectivity index (χ4n) is 2.05. The Morgan fingerprint density at radius 2 is 1.75 bits per heavy atom. The first-order chi connectivity index (χ1) is 9.47. The Labute approximate surface area is 131 Å². The number of nitrogens with one attached hydrogen (secondary N) is 1. The minimum Gasteiger partial charge on any atom is -0.211 e. The van der Waals surface area contributed by atoms with Crippen LogP contribution in [0.2, 0.25) is 0 Å². The van der Waals surface area contributed by atoms with Crippen molar-refractivity contribution in [2.75, 3.05) is 6.54 Å². The van der Waals surface area contributed by atoms with Crippen molar-refractivity contribution in [3.8, 4) is 0 Å². The molecule has 0 spiro atoms. The minimum atomic E-state index is -3.39. The van der Waals surface area contributed by atoms with Gasteiger partial charge in [0.15, 0.2) is 0 Å². The Morgan fingerprint density at radius 3 is 2.45 bits per heavy atom. The lowest BCUT2D eigenvalue weighted by Gasteiger charge is -2.09. The van der Waals surface area contributed by atoms with Crippen LogP contribution in [0.15, 0.2) is 27.6 Å². The molecule has 1 rings (SSSR count). The zero-order valence-corrected chi connectivity index (χ0v) is 14.7. The maximum Gasteiger partial charge on any atom is 0.240 e. The summed E-state index contributed by atoms with van der Waals surface area (Å²) in [5.41, 5.74) is 0.767. The number of benzene rings is 1. The standard InChI is InChI=1S/C15H24BrNO2S/c1-3-4-5-6-7-8-11-17-20(18,19)15-12-14(16)10-9-13(15)2/h9-10,12,17H,3-8,11H2,1-2H3. The Morgan fingerprint density at radius 1 is 1.10 bits per heavy atom. The van der Waals surface area contributed by atoms with Gasteiger partial charge in [-0.3, -0.25) is 0 Å². The van der Waals surface area contributed by atoms with Crippen LogP contribution < -0.4 is 4.72 Å². The van der Waals surface area contributed by atoms with Crippen molar-refractivity contribution >= 4 is 26.0 Å². The van der Waals surface area contributed by atoms with Gasteiger partial charge < -0.3 is 0 Å². The predicted octanol–water partition coefficient (Wildman–Crippen LogP) is 4.40. The molecule has 0 aliphatic heterocycles. The van der Waals surface area contributed by atoms with Gasteiger partial charge in [-0.25, -0.2) is 13.1 Å². The lowest BCUT2D eigenvalue weighted by molar-refractivity contribution is 0.567. The fraction of sp³-hybridized carbons (Fsp3) is 0.600. The van der Waals surface area contributed by atoms with Crippen molar-refractivity contribution in [3.05, 3.63) is 28.2 Å². The van der Waals surface area contributed by atoms with Crippen molar-refractivity contribution in [1.29, 1.82) is 0 Å². The Balaban J connectivity index is 2.44. The van der Waals surface area contributed by atoms with E-state index in [4.69, 9.17) is 0 Å². The van der Waals surface area contributed by atoms with Crippen LogP contribution >= 0.6 is 15.9 Å². The molecule has 0 aromatic heterocycles. The largest absolute Gasteiger partial charge is 0.240 e.